The number of benzene rings is 1. The van der Waals surface area contributed by atoms with Crippen molar-refractivity contribution in [1.82, 2.24) is 0 Å². The van der Waals surface area contributed by atoms with E-state index in [1.807, 2.05) is 16.8 Å². The van der Waals surface area contributed by atoms with Crippen LogP contribution in [0.3, 0.4) is 0 Å². The third-order valence-electron chi connectivity index (χ3n) is 2.61. The van der Waals surface area contributed by atoms with Crippen molar-refractivity contribution < 1.29 is 22.7 Å². The Hall–Kier alpha value is -2.02. The number of thiophene rings is 1. The molecule has 112 valence electrons. The van der Waals surface area contributed by atoms with Gasteiger partial charge in [0, 0.05) is 6.42 Å². The third kappa shape index (κ3) is 5.11. The molecule has 7 heteroatoms. The Bertz CT molecular complexity index is 597. The normalized spacial score (nSPS) is 11.2. The maximum absolute atomic E-state index is 12.3. The maximum Gasteiger partial charge on any atom is 0.573 e. The summed E-state index contributed by atoms with van der Waals surface area (Å²) in [6.45, 7) is 0. The summed E-state index contributed by atoms with van der Waals surface area (Å²) >= 11 is 1.53. The molecule has 0 aliphatic rings. The van der Waals surface area contributed by atoms with Crippen LogP contribution >= 0.6 is 11.3 Å². The van der Waals surface area contributed by atoms with Crippen LogP contribution in [0.15, 0.2) is 41.1 Å². The number of carbonyl (C=O) groups is 1. The summed E-state index contributed by atoms with van der Waals surface area (Å²) in [5.74, 6) is -0.784. The Morgan fingerprint density at radius 1 is 1.24 bits per heavy atom. The second kappa shape index (κ2) is 6.62. The van der Waals surface area contributed by atoms with Crippen LogP contribution in [-0.4, -0.2) is 12.3 Å². The second-order valence-corrected chi connectivity index (χ2v) is 5.00. The van der Waals surface area contributed by atoms with Crippen LogP contribution in [-0.2, 0) is 11.2 Å². The summed E-state index contributed by atoms with van der Waals surface area (Å²) in [7, 11) is 0. The molecule has 2 rings (SSSR count). The van der Waals surface area contributed by atoms with Gasteiger partial charge < -0.3 is 10.1 Å². The van der Waals surface area contributed by atoms with Gasteiger partial charge in [-0.25, -0.2) is 0 Å². The Morgan fingerprint density at radius 3 is 2.67 bits per heavy atom. The number of carbonyl (C=O) groups excluding carboxylic acids is 1. The van der Waals surface area contributed by atoms with Crippen molar-refractivity contribution in [3.63, 3.8) is 0 Å². The van der Waals surface area contributed by atoms with E-state index in [9.17, 15) is 18.0 Å². The molecule has 2 aromatic rings. The SMILES string of the molecule is O=C(CCc1ccsc1)Nc1ccccc1OC(F)(F)F. The first-order chi connectivity index (χ1) is 9.94. The average molecular weight is 315 g/mol. The number of hydrogen-bond donors (Lipinski definition) is 1. The highest BCUT2D eigenvalue weighted by Crippen LogP contribution is 2.30. The topological polar surface area (TPSA) is 38.3 Å². The Labute approximate surface area is 123 Å². The molecule has 0 unspecified atom stereocenters. The van der Waals surface area contributed by atoms with Crippen molar-refractivity contribution in [1.29, 1.82) is 0 Å². The predicted molar refractivity (Wildman–Crippen MR) is 74.4 cm³/mol. The van der Waals surface area contributed by atoms with Crippen molar-refractivity contribution in [2.24, 2.45) is 0 Å². The van der Waals surface area contributed by atoms with Gasteiger partial charge >= 0.3 is 6.36 Å². The maximum atomic E-state index is 12.3. The monoisotopic (exact) mass is 315 g/mol. The minimum Gasteiger partial charge on any atom is -0.404 e. The van der Waals surface area contributed by atoms with E-state index in [1.54, 1.807) is 0 Å². The molecule has 0 aliphatic heterocycles. The molecule has 21 heavy (non-hydrogen) atoms. The van der Waals surface area contributed by atoms with Crippen molar-refractivity contribution in [2.45, 2.75) is 19.2 Å². The molecule has 0 spiro atoms. The van der Waals surface area contributed by atoms with Crippen LogP contribution in [0.2, 0.25) is 0 Å². The van der Waals surface area contributed by atoms with Crippen LogP contribution < -0.4 is 10.1 Å². The van der Waals surface area contributed by atoms with E-state index in [0.29, 0.717) is 6.42 Å². The number of anilines is 1. The first kappa shape index (κ1) is 15.4. The lowest BCUT2D eigenvalue weighted by molar-refractivity contribution is -0.274. The molecule has 0 fully saturated rings. The lowest BCUT2D eigenvalue weighted by Crippen LogP contribution is -2.19. The van der Waals surface area contributed by atoms with Gasteiger partial charge in [-0.2, -0.15) is 11.3 Å². The van der Waals surface area contributed by atoms with Crippen molar-refractivity contribution in [3.8, 4) is 5.75 Å². The van der Waals surface area contributed by atoms with E-state index < -0.39 is 12.1 Å². The summed E-state index contributed by atoms with van der Waals surface area (Å²) in [5, 5.41) is 6.26. The highest BCUT2D eigenvalue weighted by molar-refractivity contribution is 7.07. The van der Waals surface area contributed by atoms with Crippen molar-refractivity contribution in [3.05, 3.63) is 46.7 Å². The number of halogens is 3. The Balaban J connectivity index is 1.97. The predicted octanol–water partition coefficient (Wildman–Crippen LogP) is 4.22. The van der Waals surface area contributed by atoms with Gasteiger partial charge in [-0.3, -0.25) is 4.79 Å². The van der Waals surface area contributed by atoms with Crippen LogP contribution in [0.25, 0.3) is 0 Å². The zero-order valence-corrected chi connectivity index (χ0v) is 11.6. The van der Waals surface area contributed by atoms with Gasteiger partial charge in [0.2, 0.25) is 5.91 Å². The molecular weight excluding hydrogens is 303 g/mol. The van der Waals surface area contributed by atoms with Gasteiger partial charge in [-0.15, -0.1) is 13.2 Å². The largest absolute Gasteiger partial charge is 0.573 e. The van der Waals surface area contributed by atoms with Crippen molar-refractivity contribution in [2.75, 3.05) is 5.32 Å². The molecule has 0 atom stereocenters. The summed E-state index contributed by atoms with van der Waals surface area (Å²) in [6, 6.07) is 7.35. The minimum atomic E-state index is -4.79. The second-order valence-electron chi connectivity index (χ2n) is 4.22. The van der Waals surface area contributed by atoms with E-state index in [4.69, 9.17) is 0 Å². The van der Waals surface area contributed by atoms with Gasteiger partial charge in [-0.05, 0) is 40.9 Å². The molecule has 3 nitrogen and oxygen atoms in total. The molecule has 0 saturated carbocycles. The molecule has 0 bridgehead atoms. The highest BCUT2D eigenvalue weighted by Gasteiger charge is 2.32. The molecule has 1 amide bonds. The molecular formula is C14H12F3NO2S. The smallest absolute Gasteiger partial charge is 0.404 e. The molecule has 1 heterocycles. The summed E-state index contributed by atoms with van der Waals surface area (Å²) < 4.78 is 40.6. The fourth-order valence-corrected chi connectivity index (χ4v) is 2.39. The number of ether oxygens (including phenoxy) is 1. The van der Waals surface area contributed by atoms with Crippen molar-refractivity contribution >= 4 is 22.9 Å². The van der Waals surface area contributed by atoms with Crippen LogP contribution in [0.5, 0.6) is 5.75 Å². The van der Waals surface area contributed by atoms with Crippen LogP contribution in [0.1, 0.15) is 12.0 Å². The lowest BCUT2D eigenvalue weighted by Gasteiger charge is -2.13. The fraction of sp³-hybridized carbons (Fsp3) is 0.214. The van der Waals surface area contributed by atoms with Gasteiger partial charge in [-0.1, -0.05) is 12.1 Å². The van der Waals surface area contributed by atoms with Gasteiger partial charge in [0.05, 0.1) is 5.69 Å². The summed E-state index contributed by atoms with van der Waals surface area (Å²) in [6.07, 6.45) is -4.06. The zero-order valence-electron chi connectivity index (χ0n) is 10.8. The summed E-state index contributed by atoms with van der Waals surface area (Å²) in [4.78, 5) is 11.8. The van der Waals surface area contributed by atoms with E-state index >= 15 is 0 Å². The lowest BCUT2D eigenvalue weighted by atomic mass is 10.2. The summed E-state index contributed by atoms with van der Waals surface area (Å²) in [5.41, 5.74) is 1.03. The molecule has 1 aromatic carbocycles. The fourth-order valence-electron chi connectivity index (χ4n) is 1.69. The van der Waals surface area contributed by atoms with Crippen LogP contribution in [0.4, 0.5) is 18.9 Å². The molecule has 1 N–H and O–H groups in total. The minimum absolute atomic E-state index is 0.00476. The molecule has 1 aromatic heterocycles. The number of para-hydroxylation sites is 2. The molecule has 0 radical (unpaired) electrons. The zero-order chi connectivity index (χ0) is 15.3. The van der Waals surface area contributed by atoms with Crippen LogP contribution in [0, 0.1) is 0 Å². The van der Waals surface area contributed by atoms with E-state index in [1.165, 1.54) is 29.5 Å². The quantitative estimate of drug-likeness (QED) is 0.897. The van der Waals surface area contributed by atoms with Gasteiger partial charge in [0.1, 0.15) is 0 Å². The number of nitrogens with one attached hydrogen (secondary N) is 1. The first-order valence-corrected chi connectivity index (χ1v) is 7.04. The van der Waals surface area contributed by atoms with Gasteiger partial charge in [0.25, 0.3) is 0 Å². The average Bonchev–Trinajstić information content (AvgIpc) is 2.90. The number of hydrogen-bond acceptors (Lipinski definition) is 3. The number of amides is 1. The Kier molecular flexibility index (Phi) is 4.85. The van der Waals surface area contributed by atoms with E-state index in [2.05, 4.69) is 10.1 Å². The first-order valence-electron chi connectivity index (χ1n) is 6.10. The molecule has 0 saturated heterocycles. The number of alkyl halides is 3. The third-order valence-corrected chi connectivity index (χ3v) is 3.34. The molecule has 0 aliphatic carbocycles. The number of rotatable bonds is 5. The van der Waals surface area contributed by atoms with E-state index in [-0.39, 0.29) is 18.0 Å². The standard InChI is InChI=1S/C14H12F3NO2S/c15-14(16,17)20-12-4-2-1-3-11(12)18-13(19)6-5-10-7-8-21-9-10/h1-4,7-9H,5-6H2,(H,18,19). The van der Waals surface area contributed by atoms with Gasteiger partial charge in [0.15, 0.2) is 5.75 Å². The number of aryl methyl sites for hydroxylation is 1. The Morgan fingerprint density at radius 2 is 2.00 bits per heavy atom. The highest BCUT2D eigenvalue weighted by atomic mass is 32.1. The van der Waals surface area contributed by atoms with E-state index in [0.717, 1.165) is 11.6 Å².